The van der Waals surface area contributed by atoms with Crippen LogP contribution in [0.2, 0.25) is 3.34 Å². The molecule has 0 atom stereocenters. The zero-order valence-electron chi connectivity index (χ0n) is 25.4. The smallest absolute Gasteiger partial charge is 1.00 e. The average molecular weight is 686 g/mol. The normalized spacial score (nSPS) is 14.0. The maximum absolute atomic E-state index is 2.77. The first-order chi connectivity index (χ1) is 19.9. The summed E-state index contributed by atoms with van der Waals surface area (Å²) in [4.78, 5) is 0. The second kappa shape index (κ2) is 14.7. The van der Waals surface area contributed by atoms with E-state index in [0.717, 1.165) is 0 Å². The largest absolute Gasteiger partial charge is 1.00 e. The van der Waals surface area contributed by atoms with Gasteiger partial charge in [0.15, 0.2) is 0 Å². The molecule has 5 heteroatoms. The Bertz CT molecular complexity index is 1670. The summed E-state index contributed by atoms with van der Waals surface area (Å²) < 4.78 is -0.146. The third kappa shape index (κ3) is 5.76. The maximum Gasteiger partial charge on any atom is -1.00 e. The standard InChI is InChI=1S/C39H35Si.3ClH.Ti/c1-28-29(2)31(4)39(30(28)3)40(36-22-12-7-13-23-36,37-24-14-20-34(26-37)32-16-8-5-9-17-32)38-25-15-21-35(27-38)33-18-10-6-11-19-33;;;;/h5-27H,1-4H3;3*1H;/q;;;;+3/p-3. The Kier molecular flexibility index (Phi) is 11.9. The van der Waals surface area contributed by atoms with Crippen molar-refractivity contribution in [3.8, 4) is 22.3 Å². The fourth-order valence-corrected chi connectivity index (χ4v) is 15.5. The van der Waals surface area contributed by atoms with E-state index in [-0.39, 0.29) is 40.6 Å². The summed E-state index contributed by atoms with van der Waals surface area (Å²) in [7, 11) is -2.77. The van der Waals surface area contributed by atoms with Crippen molar-refractivity contribution in [3.05, 3.63) is 162 Å². The topological polar surface area (TPSA) is 0 Å². The fourth-order valence-electron chi connectivity index (χ4n) is 6.93. The van der Waals surface area contributed by atoms with Crippen molar-refractivity contribution in [2.24, 2.45) is 0 Å². The van der Waals surface area contributed by atoms with Crippen molar-refractivity contribution in [1.82, 2.24) is 0 Å². The molecule has 0 bridgehead atoms. The molecular formula is C39H35Cl3SiTi. The molecule has 0 heterocycles. The predicted molar refractivity (Wildman–Crippen MR) is 174 cm³/mol. The van der Waals surface area contributed by atoms with E-state index in [4.69, 9.17) is 0 Å². The molecule has 5 aromatic carbocycles. The number of hydrogen-bond acceptors (Lipinski definition) is 0. The van der Waals surface area contributed by atoms with Crippen molar-refractivity contribution in [2.75, 3.05) is 0 Å². The summed E-state index contributed by atoms with van der Waals surface area (Å²) >= 11 is 2.54. The molecular weight excluding hydrogens is 651 g/mol. The number of allylic oxidation sites excluding steroid dienone is 4. The van der Waals surface area contributed by atoms with Crippen molar-refractivity contribution < 1.29 is 57.7 Å². The van der Waals surface area contributed by atoms with Gasteiger partial charge in [-0.25, -0.2) is 0 Å². The van der Waals surface area contributed by atoms with Gasteiger partial charge in [0.1, 0.15) is 0 Å². The molecule has 0 N–H and O–H groups in total. The zero-order chi connectivity index (χ0) is 28.6. The quantitative estimate of drug-likeness (QED) is 0.166. The molecule has 0 aromatic heterocycles. The van der Waals surface area contributed by atoms with Gasteiger partial charge >= 0.3 is 259 Å². The van der Waals surface area contributed by atoms with Crippen LogP contribution in [0, 0.1) is 0 Å². The van der Waals surface area contributed by atoms with Gasteiger partial charge < -0.3 is 37.2 Å². The van der Waals surface area contributed by atoms with Crippen LogP contribution in [0.4, 0.5) is 0 Å². The van der Waals surface area contributed by atoms with Gasteiger partial charge in [-0.1, -0.05) is 0 Å². The van der Waals surface area contributed by atoms with Crippen LogP contribution in [0.5, 0.6) is 0 Å². The SMILES string of the molecule is CC1=C(C)[C]([Ti+3])([Si](c2ccccc2)(c2cccc(-c3ccccc3)c2)c2cccc(-c3ccccc3)c2)C(C)=C1C.[Cl-].[Cl-].[Cl-]. The van der Waals surface area contributed by atoms with Gasteiger partial charge in [-0.2, -0.15) is 0 Å². The molecule has 5 aromatic rings. The first-order valence-corrected chi connectivity index (χ1v) is 17.2. The Hall–Kier alpha value is -2.62. The number of hydrogen-bond donors (Lipinski definition) is 0. The van der Waals surface area contributed by atoms with E-state index in [1.54, 1.807) is 0 Å². The number of halogens is 3. The van der Waals surface area contributed by atoms with E-state index in [9.17, 15) is 0 Å². The molecule has 0 amide bonds. The van der Waals surface area contributed by atoms with Crippen LogP contribution in [0.25, 0.3) is 22.3 Å². The summed E-state index contributed by atoms with van der Waals surface area (Å²) in [5.74, 6) is 0. The van der Waals surface area contributed by atoms with Gasteiger partial charge in [0, 0.05) is 0 Å². The first kappa shape index (κ1) is 35.9. The molecule has 44 heavy (non-hydrogen) atoms. The van der Waals surface area contributed by atoms with Gasteiger partial charge in [0.2, 0.25) is 0 Å². The molecule has 0 spiro atoms. The summed E-state index contributed by atoms with van der Waals surface area (Å²) in [5.41, 5.74) is 10.9. The summed E-state index contributed by atoms with van der Waals surface area (Å²) in [6.45, 7) is 9.43. The minimum absolute atomic E-state index is 0. The Morgan fingerprint density at radius 1 is 0.409 bits per heavy atom. The molecule has 1 aliphatic carbocycles. The van der Waals surface area contributed by atoms with Crippen LogP contribution in [-0.4, -0.2) is 8.07 Å². The van der Waals surface area contributed by atoms with E-state index in [2.05, 4.69) is 188 Å². The first-order valence-electron chi connectivity index (χ1n) is 14.4. The van der Waals surface area contributed by atoms with E-state index in [0.29, 0.717) is 0 Å². The Balaban J connectivity index is 0.00000176. The third-order valence-corrected chi connectivity index (χ3v) is 17.7. The van der Waals surface area contributed by atoms with E-state index in [1.807, 2.05) is 0 Å². The van der Waals surface area contributed by atoms with Crippen molar-refractivity contribution in [2.45, 2.75) is 31.0 Å². The van der Waals surface area contributed by atoms with Crippen LogP contribution in [0.1, 0.15) is 27.7 Å². The Morgan fingerprint density at radius 3 is 1.11 bits per heavy atom. The zero-order valence-corrected chi connectivity index (χ0v) is 30.2. The van der Waals surface area contributed by atoms with Crippen molar-refractivity contribution in [1.29, 1.82) is 0 Å². The monoisotopic (exact) mass is 684 g/mol. The molecule has 6 rings (SSSR count). The van der Waals surface area contributed by atoms with Gasteiger partial charge in [-0.15, -0.1) is 0 Å². The molecule has 0 nitrogen and oxygen atoms in total. The summed E-state index contributed by atoms with van der Waals surface area (Å²) in [5, 5.41) is 4.33. The molecule has 0 saturated heterocycles. The molecule has 0 unspecified atom stereocenters. The van der Waals surface area contributed by atoms with Gasteiger partial charge in [-0.3, -0.25) is 0 Å². The van der Waals surface area contributed by atoms with E-state index < -0.39 is 8.07 Å². The van der Waals surface area contributed by atoms with Crippen LogP contribution in [0.3, 0.4) is 0 Å². The molecule has 220 valence electrons. The maximum atomic E-state index is 2.54. The minimum atomic E-state index is -2.77. The summed E-state index contributed by atoms with van der Waals surface area (Å²) in [6.07, 6.45) is 0. The summed E-state index contributed by atoms with van der Waals surface area (Å²) in [6, 6.07) is 52.0. The van der Waals surface area contributed by atoms with Crippen LogP contribution < -0.4 is 52.8 Å². The van der Waals surface area contributed by atoms with Crippen molar-refractivity contribution >= 4 is 23.6 Å². The second-order valence-electron chi connectivity index (χ2n) is 11.3. The van der Waals surface area contributed by atoms with E-state index >= 15 is 0 Å². The van der Waals surface area contributed by atoms with Crippen LogP contribution in [0.15, 0.2) is 162 Å². The third-order valence-electron chi connectivity index (χ3n) is 9.39. The Labute approximate surface area is 294 Å². The van der Waals surface area contributed by atoms with Gasteiger partial charge in [0.25, 0.3) is 0 Å². The fraction of sp³-hybridized carbons (Fsp3) is 0.128. The second-order valence-corrected chi connectivity index (χ2v) is 17.2. The van der Waals surface area contributed by atoms with Crippen LogP contribution in [-0.2, 0) is 20.4 Å². The molecule has 0 aliphatic heterocycles. The van der Waals surface area contributed by atoms with Crippen molar-refractivity contribution in [3.63, 3.8) is 0 Å². The number of benzene rings is 5. The van der Waals surface area contributed by atoms with Gasteiger partial charge in [-0.05, 0) is 0 Å². The Morgan fingerprint density at radius 2 is 0.727 bits per heavy atom. The molecule has 1 aliphatic rings. The van der Waals surface area contributed by atoms with Crippen LogP contribution >= 0.6 is 0 Å². The van der Waals surface area contributed by atoms with Gasteiger partial charge in [0.05, 0.1) is 0 Å². The van der Waals surface area contributed by atoms with E-state index in [1.165, 1.54) is 60.1 Å². The molecule has 0 radical (unpaired) electrons. The number of rotatable bonds is 6. The molecule has 0 saturated carbocycles. The molecule has 0 fully saturated rings. The predicted octanol–water partition coefficient (Wildman–Crippen LogP) is -0.566. The minimum Gasteiger partial charge on any atom is -1.00 e. The average Bonchev–Trinajstić information content (AvgIpc) is 3.19.